The summed E-state index contributed by atoms with van der Waals surface area (Å²) in [5, 5.41) is 0. The van der Waals surface area contributed by atoms with Gasteiger partial charge in [0.05, 0.1) is 6.10 Å². The molecule has 0 aliphatic carbocycles. The lowest BCUT2D eigenvalue weighted by Gasteiger charge is -2.27. The van der Waals surface area contributed by atoms with Gasteiger partial charge in [0.1, 0.15) is 0 Å². The van der Waals surface area contributed by atoms with Crippen LogP contribution in [0.5, 0.6) is 0 Å². The quantitative estimate of drug-likeness (QED) is 0.532. The Bertz CT molecular complexity index is 256. The number of nitrogens with zero attached hydrogens (tertiary/aromatic N) is 2. The standard InChI is InChI=1S/C9H19N2O2P/c1-4-10-6-7-11(5-2)14(10,12)9-8(3)13-9/h8-9H,4-7H2,1-3H3/t8-,9+/m1/s1. The molecule has 4 nitrogen and oxygen atoms in total. The molecule has 2 aliphatic heterocycles. The first-order valence-corrected chi connectivity index (χ1v) is 7.08. The van der Waals surface area contributed by atoms with Crippen molar-refractivity contribution < 1.29 is 9.30 Å². The summed E-state index contributed by atoms with van der Waals surface area (Å²) in [6, 6.07) is 0. The van der Waals surface area contributed by atoms with E-state index in [-0.39, 0.29) is 11.9 Å². The number of rotatable bonds is 3. The molecule has 0 N–H and O–H groups in total. The monoisotopic (exact) mass is 218 g/mol. The smallest absolute Gasteiger partial charge is 0.247 e. The van der Waals surface area contributed by atoms with Gasteiger partial charge in [0.25, 0.3) is 0 Å². The Morgan fingerprint density at radius 2 is 1.71 bits per heavy atom. The van der Waals surface area contributed by atoms with Crippen LogP contribution in [0.25, 0.3) is 0 Å². The molecule has 0 spiro atoms. The average Bonchev–Trinajstić information content (AvgIpc) is 2.80. The van der Waals surface area contributed by atoms with Gasteiger partial charge >= 0.3 is 0 Å². The van der Waals surface area contributed by atoms with Gasteiger partial charge < -0.3 is 4.74 Å². The summed E-state index contributed by atoms with van der Waals surface area (Å²) >= 11 is 0. The van der Waals surface area contributed by atoms with Crippen molar-refractivity contribution in [3.05, 3.63) is 0 Å². The van der Waals surface area contributed by atoms with Gasteiger partial charge in [0.2, 0.25) is 7.44 Å². The second-order valence-corrected chi connectivity index (χ2v) is 6.73. The minimum absolute atomic E-state index is 0.0232. The molecule has 2 rings (SSSR count). The normalized spacial score (nSPS) is 37.6. The minimum Gasteiger partial charge on any atom is -0.359 e. The summed E-state index contributed by atoms with van der Waals surface area (Å²) < 4.78 is 22.5. The van der Waals surface area contributed by atoms with Gasteiger partial charge in [-0.05, 0) is 6.92 Å². The molecule has 2 heterocycles. The van der Waals surface area contributed by atoms with Crippen LogP contribution in [0.2, 0.25) is 0 Å². The highest BCUT2D eigenvalue weighted by Gasteiger charge is 2.57. The molecule has 0 unspecified atom stereocenters. The molecule has 2 fully saturated rings. The molecule has 0 radical (unpaired) electrons. The summed E-state index contributed by atoms with van der Waals surface area (Å²) in [5.74, 6) is -0.0232. The van der Waals surface area contributed by atoms with E-state index in [1.807, 2.05) is 6.92 Å². The molecule has 0 aromatic carbocycles. The van der Waals surface area contributed by atoms with Gasteiger partial charge in [-0.1, -0.05) is 13.8 Å². The van der Waals surface area contributed by atoms with Crippen LogP contribution < -0.4 is 0 Å². The Balaban J connectivity index is 2.22. The predicted octanol–water partition coefficient (Wildman–Crippen LogP) is 1.58. The van der Waals surface area contributed by atoms with E-state index in [1.165, 1.54) is 0 Å². The van der Waals surface area contributed by atoms with Crippen LogP contribution >= 0.6 is 7.44 Å². The van der Waals surface area contributed by atoms with Crippen LogP contribution in [0.4, 0.5) is 0 Å². The van der Waals surface area contributed by atoms with Crippen molar-refractivity contribution in [3.63, 3.8) is 0 Å². The molecule has 2 aliphatic rings. The molecular formula is C9H19N2O2P. The topological polar surface area (TPSA) is 36.1 Å². The maximum atomic E-state index is 12.8. The molecule has 0 saturated carbocycles. The third-order valence-corrected chi connectivity index (χ3v) is 6.96. The maximum Gasteiger partial charge on any atom is 0.247 e. The van der Waals surface area contributed by atoms with Gasteiger partial charge in [0.15, 0.2) is 5.85 Å². The van der Waals surface area contributed by atoms with Crippen molar-refractivity contribution in [1.82, 2.24) is 9.34 Å². The van der Waals surface area contributed by atoms with E-state index in [1.54, 1.807) is 0 Å². The molecule has 0 aromatic heterocycles. The predicted molar refractivity (Wildman–Crippen MR) is 56.4 cm³/mol. The zero-order valence-corrected chi connectivity index (χ0v) is 10.0. The summed E-state index contributed by atoms with van der Waals surface area (Å²) in [4.78, 5) is 0. The highest BCUT2D eigenvalue weighted by Crippen LogP contribution is 2.66. The molecule has 0 amide bonds. The van der Waals surface area contributed by atoms with Crippen LogP contribution in [0.3, 0.4) is 0 Å². The molecule has 2 saturated heterocycles. The minimum atomic E-state index is -2.36. The van der Waals surface area contributed by atoms with Crippen molar-refractivity contribution in [2.75, 3.05) is 26.2 Å². The lowest BCUT2D eigenvalue weighted by molar-refractivity contribution is 0.379. The first-order valence-electron chi connectivity index (χ1n) is 5.40. The Morgan fingerprint density at radius 3 is 2.00 bits per heavy atom. The fourth-order valence-electron chi connectivity index (χ4n) is 2.27. The van der Waals surface area contributed by atoms with Gasteiger partial charge in [-0.15, -0.1) is 0 Å². The van der Waals surface area contributed by atoms with Crippen molar-refractivity contribution in [2.24, 2.45) is 0 Å². The molecule has 82 valence electrons. The largest absolute Gasteiger partial charge is 0.359 e. The van der Waals surface area contributed by atoms with Gasteiger partial charge in [-0.3, -0.25) is 4.57 Å². The van der Waals surface area contributed by atoms with Crippen LogP contribution in [0.1, 0.15) is 20.8 Å². The third kappa shape index (κ3) is 1.36. The highest BCUT2D eigenvalue weighted by molar-refractivity contribution is 7.60. The van der Waals surface area contributed by atoms with Crippen molar-refractivity contribution in [1.29, 1.82) is 0 Å². The second-order valence-electron chi connectivity index (χ2n) is 3.91. The molecule has 0 bridgehead atoms. The molecule has 14 heavy (non-hydrogen) atoms. The van der Waals surface area contributed by atoms with E-state index >= 15 is 0 Å². The van der Waals surface area contributed by atoms with Crippen molar-refractivity contribution in [2.45, 2.75) is 32.7 Å². The summed E-state index contributed by atoms with van der Waals surface area (Å²) in [5.41, 5.74) is 0. The van der Waals surface area contributed by atoms with Crippen molar-refractivity contribution in [3.8, 4) is 0 Å². The number of ether oxygens (including phenoxy) is 1. The Hall–Kier alpha value is 0.110. The fraction of sp³-hybridized carbons (Fsp3) is 1.00. The Labute approximate surface area is 85.7 Å². The maximum absolute atomic E-state index is 12.8. The van der Waals surface area contributed by atoms with E-state index in [9.17, 15) is 4.57 Å². The summed E-state index contributed by atoms with van der Waals surface area (Å²) in [6.45, 7) is 9.71. The van der Waals surface area contributed by atoms with E-state index in [4.69, 9.17) is 4.74 Å². The van der Waals surface area contributed by atoms with Gasteiger partial charge in [-0.25, -0.2) is 9.34 Å². The Morgan fingerprint density at radius 1 is 1.29 bits per heavy atom. The van der Waals surface area contributed by atoms with Gasteiger partial charge in [-0.2, -0.15) is 0 Å². The lowest BCUT2D eigenvalue weighted by atomic mass is 10.6. The fourth-order valence-corrected chi connectivity index (χ4v) is 5.73. The number of hydrogen-bond donors (Lipinski definition) is 0. The van der Waals surface area contributed by atoms with Crippen molar-refractivity contribution >= 4 is 7.44 Å². The lowest BCUT2D eigenvalue weighted by Crippen LogP contribution is -2.23. The number of likely N-dealkylation sites (N-methyl/N-ethyl adjacent to an activating group) is 2. The molecule has 5 heteroatoms. The van der Waals surface area contributed by atoms with Crippen LogP contribution in [-0.4, -0.2) is 47.5 Å². The molecule has 2 atom stereocenters. The van der Waals surface area contributed by atoms with Crippen LogP contribution in [0.15, 0.2) is 0 Å². The first-order chi connectivity index (χ1) is 6.64. The second kappa shape index (κ2) is 3.60. The highest BCUT2D eigenvalue weighted by atomic mass is 31.2. The molecule has 0 aromatic rings. The summed E-state index contributed by atoms with van der Waals surface area (Å²) in [6.07, 6.45) is 0.182. The van der Waals surface area contributed by atoms with E-state index in [0.717, 1.165) is 26.2 Å². The zero-order chi connectivity index (χ0) is 10.3. The number of epoxide rings is 1. The number of hydrogen-bond acceptors (Lipinski definition) is 2. The third-order valence-electron chi connectivity index (χ3n) is 3.17. The van der Waals surface area contributed by atoms with E-state index in [2.05, 4.69) is 23.2 Å². The van der Waals surface area contributed by atoms with E-state index in [0.29, 0.717) is 0 Å². The average molecular weight is 218 g/mol. The van der Waals surface area contributed by atoms with E-state index < -0.39 is 7.44 Å². The first kappa shape index (κ1) is 10.6. The zero-order valence-electron chi connectivity index (χ0n) is 9.14. The van der Waals surface area contributed by atoms with Gasteiger partial charge in [0, 0.05) is 26.2 Å². The molecular weight excluding hydrogens is 199 g/mol. The van der Waals surface area contributed by atoms with Crippen LogP contribution in [0, 0.1) is 0 Å². The Kier molecular flexibility index (Phi) is 2.73. The summed E-state index contributed by atoms with van der Waals surface area (Å²) in [7, 11) is -2.36. The SMILES string of the molecule is CCN1CCN(CC)P1(=O)[C@@H]1O[C@@H]1C. The van der Waals surface area contributed by atoms with Crippen LogP contribution in [-0.2, 0) is 9.30 Å².